The zero-order chi connectivity index (χ0) is 22.1. The number of amides is 1. The van der Waals surface area contributed by atoms with Crippen LogP contribution < -0.4 is 11.1 Å². The first-order valence-electron chi connectivity index (χ1n) is 10.8. The maximum absolute atomic E-state index is 13.3. The Labute approximate surface area is 184 Å². The molecule has 0 saturated heterocycles. The van der Waals surface area contributed by atoms with Crippen LogP contribution in [0.3, 0.4) is 0 Å². The molecule has 2 aromatic carbocycles. The Bertz CT molecular complexity index is 1340. The summed E-state index contributed by atoms with van der Waals surface area (Å²) in [5.41, 5.74) is 9.38. The van der Waals surface area contributed by atoms with Crippen LogP contribution in [0.1, 0.15) is 48.0 Å². The fourth-order valence-electron chi connectivity index (χ4n) is 4.21. The van der Waals surface area contributed by atoms with E-state index in [0.29, 0.717) is 27.8 Å². The number of para-hydroxylation sites is 3. The summed E-state index contributed by atoms with van der Waals surface area (Å²) in [6, 6.07) is 14.4. The number of phenols is 1. The van der Waals surface area contributed by atoms with Gasteiger partial charge >= 0.3 is 0 Å². The standard InChI is InChI=1S/C24H24N6O2/c25-22-20(24(32)27-16-9-2-1-3-10-16)21-23(29-18-12-6-5-11-17(18)28-21)30(22)26-14-15-8-4-7-13-19(15)31/h4-8,11-14,16,31H,1-3,9-10,25H2,(H,27,32)/b26-14+. The van der Waals surface area contributed by atoms with Gasteiger partial charge < -0.3 is 16.2 Å². The van der Waals surface area contributed by atoms with Crippen LogP contribution in [0.25, 0.3) is 22.2 Å². The Kier molecular flexibility index (Phi) is 5.18. The van der Waals surface area contributed by atoms with Gasteiger partial charge in [0.05, 0.1) is 17.2 Å². The minimum Gasteiger partial charge on any atom is -0.507 e. The Morgan fingerprint density at radius 1 is 1.06 bits per heavy atom. The molecule has 0 aliphatic heterocycles. The van der Waals surface area contributed by atoms with Crippen molar-refractivity contribution in [1.82, 2.24) is 20.0 Å². The van der Waals surface area contributed by atoms with Crippen LogP contribution in [0.2, 0.25) is 0 Å². The Balaban J connectivity index is 1.64. The summed E-state index contributed by atoms with van der Waals surface area (Å²) < 4.78 is 1.41. The summed E-state index contributed by atoms with van der Waals surface area (Å²) in [5.74, 6) is -0.00569. The molecule has 1 aliphatic carbocycles. The maximum atomic E-state index is 13.3. The fourth-order valence-corrected chi connectivity index (χ4v) is 4.21. The molecule has 5 rings (SSSR count). The number of rotatable bonds is 4. The first kappa shape index (κ1) is 20.0. The van der Waals surface area contributed by atoms with Crippen LogP contribution in [0, 0.1) is 0 Å². The third-order valence-corrected chi connectivity index (χ3v) is 5.89. The highest BCUT2D eigenvalue weighted by atomic mass is 16.3. The molecule has 1 saturated carbocycles. The molecule has 162 valence electrons. The van der Waals surface area contributed by atoms with Gasteiger partial charge in [-0.05, 0) is 37.1 Å². The van der Waals surface area contributed by atoms with E-state index in [1.54, 1.807) is 24.3 Å². The molecule has 2 heterocycles. The number of phenolic OH excluding ortho intramolecular Hbond substituents is 1. The molecular weight excluding hydrogens is 404 g/mol. The fraction of sp³-hybridized carbons (Fsp3) is 0.250. The number of nitrogens with one attached hydrogen (secondary N) is 1. The summed E-state index contributed by atoms with van der Waals surface area (Å²) >= 11 is 0. The number of hydrogen-bond acceptors (Lipinski definition) is 6. The lowest BCUT2D eigenvalue weighted by Crippen LogP contribution is -2.36. The smallest absolute Gasteiger partial charge is 0.257 e. The third kappa shape index (κ3) is 3.64. The second-order valence-electron chi connectivity index (χ2n) is 8.07. The number of anilines is 1. The quantitative estimate of drug-likeness (QED) is 0.427. The van der Waals surface area contributed by atoms with E-state index in [1.165, 1.54) is 17.3 Å². The van der Waals surface area contributed by atoms with Gasteiger partial charge in [-0.2, -0.15) is 9.78 Å². The number of benzene rings is 2. The molecule has 8 heteroatoms. The lowest BCUT2D eigenvalue weighted by molar-refractivity contribution is 0.0930. The predicted molar refractivity (Wildman–Crippen MR) is 125 cm³/mol. The van der Waals surface area contributed by atoms with E-state index in [0.717, 1.165) is 25.7 Å². The molecular formula is C24H24N6O2. The molecule has 8 nitrogen and oxygen atoms in total. The largest absolute Gasteiger partial charge is 0.507 e. The van der Waals surface area contributed by atoms with Gasteiger partial charge in [-0.15, -0.1) is 0 Å². The summed E-state index contributed by atoms with van der Waals surface area (Å²) in [6.45, 7) is 0. The summed E-state index contributed by atoms with van der Waals surface area (Å²) in [7, 11) is 0. The number of hydrogen-bond donors (Lipinski definition) is 3. The van der Waals surface area contributed by atoms with E-state index >= 15 is 0 Å². The van der Waals surface area contributed by atoms with Crippen molar-refractivity contribution in [2.45, 2.75) is 38.1 Å². The number of aromatic nitrogens is 3. The maximum Gasteiger partial charge on any atom is 0.257 e. The van der Waals surface area contributed by atoms with Crippen LogP contribution in [-0.4, -0.2) is 37.9 Å². The van der Waals surface area contributed by atoms with Crippen molar-refractivity contribution in [2.24, 2.45) is 5.10 Å². The van der Waals surface area contributed by atoms with E-state index in [2.05, 4.69) is 15.4 Å². The summed E-state index contributed by atoms with van der Waals surface area (Å²) in [4.78, 5) is 22.6. The summed E-state index contributed by atoms with van der Waals surface area (Å²) in [5, 5.41) is 17.6. The van der Waals surface area contributed by atoms with Gasteiger partial charge in [-0.25, -0.2) is 9.97 Å². The monoisotopic (exact) mass is 428 g/mol. The molecule has 4 aromatic rings. The Hall–Kier alpha value is -3.94. The van der Waals surface area contributed by atoms with Crippen molar-refractivity contribution in [2.75, 3.05) is 5.73 Å². The van der Waals surface area contributed by atoms with Crippen molar-refractivity contribution in [3.63, 3.8) is 0 Å². The Morgan fingerprint density at radius 2 is 1.75 bits per heavy atom. The first-order valence-corrected chi connectivity index (χ1v) is 10.8. The number of nitrogen functional groups attached to an aromatic ring is 1. The highest BCUT2D eigenvalue weighted by Crippen LogP contribution is 2.29. The number of carbonyl (C=O) groups excluding carboxylic acids is 1. The van der Waals surface area contributed by atoms with Crippen molar-refractivity contribution in [1.29, 1.82) is 0 Å². The van der Waals surface area contributed by atoms with Crippen LogP contribution in [-0.2, 0) is 0 Å². The number of nitrogens with two attached hydrogens (primary N) is 1. The van der Waals surface area contributed by atoms with Crippen molar-refractivity contribution < 1.29 is 9.90 Å². The van der Waals surface area contributed by atoms with Crippen LogP contribution in [0.5, 0.6) is 5.75 Å². The van der Waals surface area contributed by atoms with Crippen molar-refractivity contribution in [3.8, 4) is 5.75 Å². The van der Waals surface area contributed by atoms with Gasteiger partial charge in [0, 0.05) is 11.6 Å². The second-order valence-corrected chi connectivity index (χ2v) is 8.07. The number of fused-ring (bicyclic) bond motifs is 2. The zero-order valence-electron chi connectivity index (χ0n) is 17.5. The van der Waals surface area contributed by atoms with Crippen LogP contribution in [0.4, 0.5) is 5.82 Å². The van der Waals surface area contributed by atoms with E-state index in [1.807, 2.05) is 24.3 Å². The van der Waals surface area contributed by atoms with Crippen molar-refractivity contribution in [3.05, 3.63) is 59.7 Å². The molecule has 2 aromatic heterocycles. The molecule has 1 amide bonds. The molecule has 32 heavy (non-hydrogen) atoms. The molecule has 0 atom stereocenters. The molecule has 0 unspecified atom stereocenters. The predicted octanol–water partition coefficient (Wildman–Crippen LogP) is 3.82. The summed E-state index contributed by atoms with van der Waals surface area (Å²) in [6.07, 6.45) is 6.83. The van der Waals surface area contributed by atoms with Gasteiger partial charge in [0.25, 0.3) is 5.91 Å². The van der Waals surface area contributed by atoms with Crippen LogP contribution in [0.15, 0.2) is 53.6 Å². The topological polar surface area (TPSA) is 118 Å². The normalized spacial score (nSPS) is 15.0. The van der Waals surface area contributed by atoms with Crippen LogP contribution >= 0.6 is 0 Å². The van der Waals surface area contributed by atoms with E-state index in [4.69, 9.17) is 10.7 Å². The minimum absolute atomic E-state index is 0.0954. The SMILES string of the molecule is Nc1c(C(=O)NC2CCCCC2)c2nc3ccccc3nc2n1/N=C/c1ccccc1O. The van der Waals surface area contributed by atoms with Crippen molar-refractivity contribution >= 4 is 40.1 Å². The average Bonchev–Trinajstić information content (AvgIpc) is 3.08. The number of nitrogens with zero attached hydrogens (tertiary/aromatic N) is 4. The van der Waals surface area contributed by atoms with E-state index in [9.17, 15) is 9.90 Å². The number of carbonyl (C=O) groups is 1. The third-order valence-electron chi connectivity index (χ3n) is 5.89. The minimum atomic E-state index is -0.263. The molecule has 4 N–H and O–H groups in total. The van der Waals surface area contributed by atoms with Gasteiger partial charge in [-0.3, -0.25) is 4.79 Å². The van der Waals surface area contributed by atoms with Gasteiger partial charge in [-0.1, -0.05) is 43.5 Å². The highest BCUT2D eigenvalue weighted by molar-refractivity contribution is 6.10. The number of aromatic hydroxyl groups is 1. The zero-order valence-corrected chi connectivity index (χ0v) is 17.5. The Morgan fingerprint density at radius 3 is 2.50 bits per heavy atom. The van der Waals surface area contributed by atoms with E-state index in [-0.39, 0.29) is 29.1 Å². The molecule has 1 fully saturated rings. The van der Waals surface area contributed by atoms with E-state index < -0.39 is 0 Å². The lowest BCUT2D eigenvalue weighted by Gasteiger charge is -2.22. The second kappa shape index (κ2) is 8.30. The molecule has 1 aliphatic rings. The first-order chi connectivity index (χ1) is 15.6. The van der Waals surface area contributed by atoms with Gasteiger partial charge in [0.2, 0.25) is 0 Å². The molecule has 0 spiro atoms. The van der Waals surface area contributed by atoms with Gasteiger partial charge in [0.1, 0.15) is 22.6 Å². The molecule has 0 radical (unpaired) electrons. The molecule has 0 bridgehead atoms. The lowest BCUT2D eigenvalue weighted by atomic mass is 9.95. The average molecular weight is 428 g/mol. The van der Waals surface area contributed by atoms with Gasteiger partial charge in [0.15, 0.2) is 5.65 Å². The highest BCUT2D eigenvalue weighted by Gasteiger charge is 2.26.